The van der Waals surface area contributed by atoms with E-state index in [0.29, 0.717) is 18.6 Å². The first-order valence-corrected chi connectivity index (χ1v) is 7.46. The van der Waals surface area contributed by atoms with Crippen molar-refractivity contribution >= 4 is 0 Å². The molecule has 2 atom stereocenters. The van der Waals surface area contributed by atoms with E-state index in [2.05, 4.69) is 35.6 Å². The Morgan fingerprint density at radius 3 is 2.81 bits per heavy atom. The normalized spacial score (nSPS) is 23.5. The Hall–Kier alpha value is -1.84. The molecule has 108 valence electrons. The van der Waals surface area contributed by atoms with Crippen molar-refractivity contribution in [1.29, 1.82) is 0 Å². The zero-order valence-electron chi connectivity index (χ0n) is 12.1. The summed E-state index contributed by atoms with van der Waals surface area (Å²) in [6.45, 7) is 2.66. The maximum atomic E-state index is 6.06. The van der Waals surface area contributed by atoms with Gasteiger partial charge >= 0.3 is 0 Å². The second-order valence-electron chi connectivity index (χ2n) is 5.69. The minimum Gasteiger partial charge on any atom is -0.496 e. The van der Waals surface area contributed by atoms with Gasteiger partial charge in [0.15, 0.2) is 0 Å². The third-order valence-electron chi connectivity index (χ3n) is 4.61. The molecule has 1 N–H and O–H groups in total. The first-order valence-electron chi connectivity index (χ1n) is 7.46. The summed E-state index contributed by atoms with van der Waals surface area (Å²) in [5.41, 5.74) is 5.12. The van der Waals surface area contributed by atoms with Gasteiger partial charge in [-0.05, 0) is 22.8 Å². The highest BCUT2D eigenvalue weighted by Gasteiger charge is 2.35. The van der Waals surface area contributed by atoms with Crippen LogP contribution in [0.5, 0.6) is 5.75 Å². The summed E-state index contributed by atoms with van der Waals surface area (Å²) in [6.07, 6.45) is 0.324. The molecule has 3 nitrogen and oxygen atoms in total. The van der Waals surface area contributed by atoms with Crippen LogP contribution in [0.1, 0.15) is 17.0 Å². The van der Waals surface area contributed by atoms with Crippen molar-refractivity contribution in [2.45, 2.75) is 18.6 Å². The molecule has 2 aliphatic rings. The fourth-order valence-electron chi connectivity index (χ4n) is 3.56. The molecule has 3 heteroatoms. The maximum Gasteiger partial charge on any atom is 0.126 e. The average molecular weight is 281 g/mol. The summed E-state index contributed by atoms with van der Waals surface area (Å²) in [7, 11) is 1.72. The Morgan fingerprint density at radius 2 is 1.90 bits per heavy atom. The topological polar surface area (TPSA) is 30.5 Å². The molecule has 1 saturated heterocycles. The highest BCUT2D eigenvalue weighted by molar-refractivity contribution is 5.74. The number of para-hydroxylation sites is 1. The number of fused-ring (bicyclic) bond motifs is 3. The second-order valence-corrected chi connectivity index (χ2v) is 5.69. The van der Waals surface area contributed by atoms with Crippen LogP contribution < -0.4 is 10.1 Å². The SMILES string of the molecule is COc1ccccc1-c1cccc2c1CO[C@H]1CNC[C@@H]21. The molecular formula is C18H19NO2. The Morgan fingerprint density at radius 1 is 1.05 bits per heavy atom. The van der Waals surface area contributed by atoms with Crippen LogP contribution in [0.25, 0.3) is 11.1 Å². The van der Waals surface area contributed by atoms with Crippen molar-refractivity contribution in [2.24, 2.45) is 0 Å². The summed E-state index contributed by atoms with van der Waals surface area (Å²) < 4.78 is 11.6. The molecule has 0 radical (unpaired) electrons. The molecule has 0 unspecified atom stereocenters. The maximum absolute atomic E-state index is 6.06. The van der Waals surface area contributed by atoms with E-state index in [9.17, 15) is 0 Å². The number of methoxy groups -OCH3 is 1. The van der Waals surface area contributed by atoms with Gasteiger partial charge in [0.05, 0.1) is 19.8 Å². The van der Waals surface area contributed by atoms with Gasteiger partial charge in [0.1, 0.15) is 5.75 Å². The molecule has 0 amide bonds. The van der Waals surface area contributed by atoms with Gasteiger partial charge in [0, 0.05) is 24.6 Å². The van der Waals surface area contributed by atoms with Gasteiger partial charge < -0.3 is 14.8 Å². The largest absolute Gasteiger partial charge is 0.496 e. The monoisotopic (exact) mass is 281 g/mol. The summed E-state index contributed by atoms with van der Waals surface area (Å²) in [4.78, 5) is 0. The van der Waals surface area contributed by atoms with Gasteiger partial charge in [-0.25, -0.2) is 0 Å². The summed E-state index contributed by atoms with van der Waals surface area (Å²) in [6, 6.07) is 14.8. The van der Waals surface area contributed by atoms with Crippen molar-refractivity contribution in [2.75, 3.05) is 20.2 Å². The molecule has 2 heterocycles. The molecule has 4 rings (SSSR count). The smallest absolute Gasteiger partial charge is 0.126 e. The molecule has 2 aromatic rings. The van der Waals surface area contributed by atoms with Crippen molar-refractivity contribution in [1.82, 2.24) is 5.32 Å². The van der Waals surface area contributed by atoms with Crippen molar-refractivity contribution < 1.29 is 9.47 Å². The molecular weight excluding hydrogens is 262 g/mol. The number of nitrogens with one attached hydrogen (secondary N) is 1. The van der Waals surface area contributed by atoms with Crippen LogP contribution in [0.15, 0.2) is 42.5 Å². The molecule has 0 bridgehead atoms. The van der Waals surface area contributed by atoms with Gasteiger partial charge in [-0.1, -0.05) is 36.4 Å². The molecule has 0 saturated carbocycles. The molecule has 2 aliphatic heterocycles. The lowest BCUT2D eigenvalue weighted by Crippen LogP contribution is -2.27. The number of hydrogen-bond acceptors (Lipinski definition) is 3. The Balaban J connectivity index is 1.86. The quantitative estimate of drug-likeness (QED) is 0.918. The molecule has 2 aromatic carbocycles. The van der Waals surface area contributed by atoms with Crippen molar-refractivity contribution in [3.8, 4) is 16.9 Å². The molecule has 0 spiro atoms. The van der Waals surface area contributed by atoms with Gasteiger partial charge in [0.25, 0.3) is 0 Å². The van der Waals surface area contributed by atoms with Crippen LogP contribution in [0.3, 0.4) is 0 Å². The fraction of sp³-hybridized carbons (Fsp3) is 0.333. The highest BCUT2D eigenvalue weighted by atomic mass is 16.5. The number of hydrogen-bond donors (Lipinski definition) is 1. The summed E-state index contributed by atoms with van der Waals surface area (Å²) >= 11 is 0. The Bertz CT molecular complexity index is 668. The highest BCUT2D eigenvalue weighted by Crippen LogP contribution is 2.40. The number of ether oxygens (including phenoxy) is 2. The zero-order valence-corrected chi connectivity index (χ0v) is 12.1. The fourth-order valence-corrected chi connectivity index (χ4v) is 3.56. The average Bonchev–Trinajstić information content (AvgIpc) is 3.03. The summed E-state index contributed by atoms with van der Waals surface area (Å²) in [5, 5.41) is 3.44. The predicted molar refractivity (Wildman–Crippen MR) is 82.6 cm³/mol. The zero-order chi connectivity index (χ0) is 14.2. The first-order chi connectivity index (χ1) is 10.4. The van der Waals surface area contributed by atoms with Crippen LogP contribution >= 0.6 is 0 Å². The lowest BCUT2D eigenvalue weighted by Gasteiger charge is -2.29. The third-order valence-corrected chi connectivity index (χ3v) is 4.61. The third kappa shape index (κ3) is 2.04. The van der Waals surface area contributed by atoms with E-state index in [4.69, 9.17) is 9.47 Å². The van der Waals surface area contributed by atoms with E-state index in [1.807, 2.05) is 12.1 Å². The van der Waals surface area contributed by atoms with Gasteiger partial charge in [-0.2, -0.15) is 0 Å². The van der Waals surface area contributed by atoms with Gasteiger partial charge in [-0.3, -0.25) is 0 Å². The van der Waals surface area contributed by atoms with E-state index in [-0.39, 0.29) is 0 Å². The molecule has 0 aromatic heterocycles. The van der Waals surface area contributed by atoms with E-state index in [1.54, 1.807) is 7.11 Å². The van der Waals surface area contributed by atoms with Crippen LogP contribution in [-0.2, 0) is 11.3 Å². The van der Waals surface area contributed by atoms with Crippen LogP contribution in [-0.4, -0.2) is 26.3 Å². The summed E-state index contributed by atoms with van der Waals surface area (Å²) in [5.74, 6) is 1.39. The molecule has 0 aliphatic carbocycles. The Labute approximate surface area is 124 Å². The van der Waals surface area contributed by atoms with E-state index in [1.165, 1.54) is 16.7 Å². The van der Waals surface area contributed by atoms with Gasteiger partial charge in [-0.15, -0.1) is 0 Å². The lowest BCUT2D eigenvalue weighted by molar-refractivity contribution is 0.0302. The molecule has 21 heavy (non-hydrogen) atoms. The number of benzene rings is 2. The van der Waals surface area contributed by atoms with Crippen molar-refractivity contribution in [3.63, 3.8) is 0 Å². The lowest BCUT2D eigenvalue weighted by atomic mass is 9.85. The molecule has 1 fully saturated rings. The van der Waals surface area contributed by atoms with Crippen LogP contribution in [0.2, 0.25) is 0 Å². The number of rotatable bonds is 2. The Kier molecular flexibility index (Phi) is 3.17. The predicted octanol–water partition coefficient (Wildman–Crippen LogP) is 2.95. The standard InChI is InChI=1S/C18H19NO2/c1-20-17-8-3-2-5-14(17)12-6-4-7-13-15-9-19-10-18(15)21-11-16(12)13/h2-8,15,18-19H,9-11H2,1H3/t15-,18-/m0/s1. The first kappa shape index (κ1) is 12.9. The van der Waals surface area contributed by atoms with Crippen LogP contribution in [0.4, 0.5) is 0 Å². The van der Waals surface area contributed by atoms with Gasteiger partial charge in [0.2, 0.25) is 0 Å². The van der Waals surface area contributed by atoms with E-state index >= 15 is 0 Å². The van der Waals surface area contributed by atoms with E-state index in [0.717, 1.165) is 24.4 Å². The minimum atomic E-state index is 0.324. The van der Waals surface area contributed by atoms with E-state index < -0.39 is 0 Å². The minimum absolute atomic E-state index is 0.324. The second kappa shape index (κ2) is 5.17. The van der Waals surface area contributed by atoms with Crippen molar-refractivity contribution in [3.05, 3.63) is 53.6 Å². The van der Waals surface area contributed by atoms with Crippen LogP contribution in [0, 0.1) is 0 Å².